The standard InChI is InChI=1S/C17H23N3/c1-20-16-10-6-5-9-15(16)19-17(20)13-18-12-11-14-7-3-2-4-8-14/h5-7,9-10,18H,2-4,8,11-13H2,1H3. The van der Waals surface area contributed by atoms with Crippen LogP contribution in [0.15, 0.2) is 35.9 Å². The third-order valence-corrected chi connectivity index (χ3v) is 4.17. The fourth-order valence-electron chi connectivity index (χ4n) is 2.93. The fourth-order valence-corrected chi connectivity index (χ4v) is 2.93. The number of imidazole rings is 1. The maximum absolute atomic E-state index is 4.68. The van der Waals surface area contributed by atoms with Crippen molar-refractivity contribution in [3.8, 4) is 0 Å². The topological polar surface area (TPSA) is 29.9 Å². The van der Waals surface area contributed by atoms with Crippen molar-refractivity contribution in [1.82, 2.24) is 14.9 Å². The van der Waals surface area contributed by atoms with Gasteiger partial charge < -0.3 is 9.88 Å². The molecule has 3 rings (SSSR count). The van der Waals surface area contributed by atoms with Crippen LogP contribution < -0.4 is 5.32 Å². The number of fused-ring (bicyclic) bond motifs is 1. The number of para-hydroxylation sites is 2. The molecule has 0 amide bonds. The van der Waals surface area contributed by atoms with Gasteiger partial charge >= 0.3 is 0 Å². The first-order valence-corrected chi connectivity index (χ1v) is 7.63. The second kappa shape index (κ2) is 6.23. The molecule has 20 heavy (non-hydrogen) atoms. The van der Waals surface area contributed by atoms with E-state index >= 15 is 0 Å². The van der Waals surface area contributed by atoms with E-state index in [1.165, 1.54) is 37.6 Å². The zero-order valence-corrected chi connectivity index (χ0v) is 12.2. The zero-order valence-electron chi connectivity index (χ0n) is 12.2. The van der Waals surface area contributed by atoms with Gasteiger partial charge in [-0.2, -0.15) is 0 Å². The van der Waals surface area contributed by atoms with E-state index in [0.717, 1.165) is 24.4 Å². The summed E-state index contributed by atoms with van der Waals surface area (Å²) in [4.78, 5) is 4.68. The number of nitrogens with one attached hydrogen (secondary N) is 1. The van der Waals surface area contributed by atoms with Crippen LogP contribution in [0.3, 0.4) is 0 Å². The van der Waals surface area contributed by atoms with E-state index in [2.05, 4.69) is 46.2 Å². The minimum Gasteiger partial charge on any atom is -0.330 e. The Balaban J connectivity index is 1.54. The van der Waals surface area contributed by atoms with Gasteiger partial charge in [0, 0.05) is 7.05 Å². The average Bonchev–Trinajstić information content (AvgIpc) is 2.82. The van der Waals surface area contributed by atoms with Crippen LogP contribution in [0.1, 0.15) is 37.9 Å². The molecule has 1 heterocycles. The molecule has 0 spiro atoms. The van der Waals surface area contributed by atoms with Gasteiger partial charge in [0.25, 0.3) is 0 Å². The summed E-state index contributed by atoms with van der Waals surface area (Å²) >= 11 is 0. The van der Waals surface area contributed by atoms with Gasteiger partial charge in [-0.15, -0.1) is 0 Å². The molecular weight excluding hydrogens is 246 g/mol. The molecule has 3 nitrogen and oxygen atoms in total. The van der Waals surface area contributed by atoms with Crippen molar-refractivity contribution in [3.05, 3.63) is 41.7 Å². The van der Waals surface area contributed by atoms with Gasteiger partial charge in [-0.3, -0.25) is 0 Å². The second-order valence-electron chi connectivity index (χ2n) is 5.61. The summed E-state index contributed by atoms with van der Waals surface area (Å²) in [6.45, 7) is 1.90. The third-order valence-electron chi connectivity index (χ3n) is 4.17. The first-order chi connectivity index (χ1) is 9.84. The minimum atomic E-state index is 0.846. The summed E-state index contributed by atoms with van der Waals surface area (Å²) in [6, 6.07) is 8.31. The van der Waals surface area contributed by atoms with Gasteiger partial charge in [-0.25, -0.2) is 4.98 Å². The summed E-state index contributed by atoms with van der Waals surface area (Å²) in [6.07, 6.45) is 8.94. The van der Waals surface area contributed by atoms with Crippen molar-refractivity contribution < 1.29 is 0 Å². The van der Waals surface area contributed by atoms with E-state index in [1.54, 1.807) is 5.57 Å². The molecule has 0 radical (unpaired) electrons. The molecule has 3 heteroatoms. The van der Waals surface area contributed by atoms with Crippen LogP contribution in [0.25, 0.3) is 11.0 Å². The molecule has 1 aromatic carbocycles. The van der Waals surface area contributed by atoms with Gasteiger partial charge in [0.05, 0.1) is 17.6 Å². The quantitative estimate of drug-likeness (QED) is 0.664. The van der Waals surface area contributed by atoms with Gasteiger partial charge in [-0.1, -0.05) is 23.8 Å². The lowest BCUT2D eigenvalue weighted by molar-refractivity contribution is 0.612. The highest BCUT2D eigenvalue weighted by molar-refractivity contribution is 5.75. The van der Waals surface area contributed by atoms with E-state index in [4.69, 9.17) is 0 Å². The molecule has 0 saturated carbocycles. The summed E-state index contributed by atoms with van der Waals surface area (Å²) in [5.74, 6) is 1.11. The van der Waals surface area contributed by atoms with Crippen molar-refractivity contribution in [2.45, 2.75) is 38.6 Å². The molecule has 1 aliphatic carbocycles. The van der Waals surface area contributed by atoms with Gasteiger partial charge in [0.15, 0.2) is 0 Å². The van der Waals surface area contributed by atoms with Gasteiger partial charge in [0.1, 0.15) is 5.82 Å². The van der Waals surface area contributed by atoms with Crippen LogP contribution in [-0.4, -0.2) is 16.1 Å². The van der Waals surface area contributed by atoms with Crippen LogP contribution >= 0.6 is 0 Å². The first kappa shape index (κ1) is 13.4. The molecule has 1 N–H and O–H groups in total. The lowest BCUT2D eigenvalue weighted by Gasteiger charge is -2.12. The third kappa shape index (κ3) is 2.93. The number of nitrogens with zero attached hydrogens (tertiary/aromatic N) is 2. The Morgan fingerprint density at radius 2 is 2.15 bits per heavy atom. The molecular formula is C17H23N3. The maximum atomic E-state index is 4.68. The number of benzene rings is 1. The summed E-state index contributed by atoms with van der Waals surface area (Å²) in [5.41, 5.74) is 3.93. The number of allylic oxidation sites excluding steroid dienone is 1. The number of hydrogen-bond acceptors (Lipinski definition) is 2. The second-order valence-corrected chi connectivity index (χ2v) is 5.61. The van der Waals surface area contributed by atoms with E-state index in [0.29, 0.717) is 0 Å². The predicted molar refractivity (Wildman–Crippen MR) is 83.6 cm³/mol. The smallest absolute Gasteiger partial charge is 0.123 e. The molecule has 0 atom stereocenters. The predicted octanol–water partition coefficient (Wildman–Crippen LogP) is 3.55. The average molecular weight is 269 g/mol. The molecule has 0 saturated heterocycles. The van der Waals surface area contributed by atoms with Crippen molar-refractivity contribution in [3.63, 3.8) is 0 Å². The Morgan fingerprint density at radius 1 is 1.25 bits per heavy atom. The highest BCUT2D eigenvalue weighted by Crippen LogP contribution is 2.19. The molecule has 0 unspecified atom stereocenters. The van der Waals surface area contributed by atoms with Crippen molar-refractivity contribution >= 4 is 11.0 Å². The molecule has 1 aliphatic rings. The number of aryl methyl sites for hydroxylation is 1. The monoisotopic (exact) mass is 269 g/mol. The van der Waals surface area contributed by atoms with Crippen LogP contribution in [0.5, 0.6) is 0 Å². The highest BCUT2D eigenvalue weighted by Gasteiger charge is 2.07. The van der Waals surface area contributed by atoms with Gasteiger partial charge in [-0.05, 0) is 50.8 Å². The van der Waals surface area contributed by atoms with E-state index in [9.17, 15) is 0 Å². The normalized spacial score (nSPS) is 15.6. The molecule has 0 aliphatic heterocycles. The zero-order chi connectivity index (χ0) is 13.8. The van der Waals surface area contributed by atoms with Crippen molar-refractivity contribution in [1.29, 1.82) is 0 Å². The number of rotatable bonds is 5. The summed E-state index contributed by atoms with van der Waals surface area (Å²) < 4.78 is 2.18. The molecule has 0 fully saturated rings. The van der Waals surface area contributed by atoms with Crippen LogP contribution in [0, 0.1) is 0 Å². The molecule has 0 bridgehead atoms. The lowest BCUT2D eigenvalue weighted by atomic mass is 9.97. The van der Waals surface area contributed by atoms with E-state index in [1.807, 2.05) is 6.07 Å². The highest BCUT2D eigenvalue weighted by atomic mass is 15.1. The first-order valence-electron chi connectivity index (χ1n) is 7.63. The Labute approximate surface area is 120 Å². The fraction of sp³-hybridized carbons (Fsp3) is 0.471. The van der Waals surface area contributed by atoms with Crippen molar-refractivity contribution in [2.24, 2.45) is 7.05 Å². The summed E-state index contributed by atoms with van der Waals surface area (Å²) in [7, 11) is 2.09. The van der Waals surface area contributed by atoms with Crippen LogP contribution in [0.2, 0.25) is 0 Å². The molecule has 1 aromatic heterocycles. The van der Waals surface area contributed by atoms with Crippen LogP contribution in [0.4, 0.5) is 0 Å². The van der Waals surface area contributed by atoms with E-state index < -0.39 is 0 Å². The largest absolute Gasteiger partial charge is 0.330 e. The number of hydrogen-bond donors (Lipinski definition) is 1. The minimum absolute atomic E-state index is 0.846. The Bertz CT molecular complexity index is 610. The molecule has 106 valence electrons. The SMILES string of the molecule is Cn1c(CNCCC2=CCCCC2)nc2ccccc21. The van der Waals surface area contributed by atoms with Crippen molar-refractivity contribution in [2.75, 3.05) is 6.54 Å². The van der Waals surface area contributed by atoms with Crippen LogP contribution in [-0.2, 0) is 13.6 Å². The maximum Gasteiger partial charge on any atom is 0.123 e. The Hall–Kier alpha value is -1.61. The Morgan fingerprint density at radius 3 is 2.95 bits per heavy atom. The molecule has 2 aromatic rings. The lowest BCUT2D eigenvalue weighted by Crippen LogP contribution is -2.18. The van der Waals surface area contributed by atoms with Gasteiger partial charge in [0.2, 0.25) is 0 Å². The summed E-state index contributed by atoms with van der Waals surface area (Å²) in [5, 5.41) is 3.53. The Kier molecular flexibility index (Phi) is 4.16. The van der Waals surface area contributed by atoms with E-state index in [-0.39, 0.29) is 0 Å². The number of aromatic nitrogens is 2.